The number of benzene rings is 6. The first-order valence-electron chi connectivity index (χ1n) is 23.5. The Balaban J connectivity index is 1.41. The quantitative estimate of drug-likeness (QED) is 0.142. The van der Waals surface area contributed by atoms with Crippen LogP contribution >= 0.6 is 0 Å². The van der Waals surface area contributed by atoms with E-state index >= 15 is 0 Å². The van der Waals surface area contributed by atoms with Crippen molar-refractivity contribution in [3.8, 4) is 61.8 Å². The van der Waals surface area contributed by atoms with E-state index in [0.29, 0.717) is 0 Å². The fraction of sp³-hybridized carbons (Fsp3) is 0.300. The van der Waals surface area contributed by atoms with Gasteiger partial charge in [0.15, 0.2) is 0 Å². The molecule has 5 heteroatoms. The molecular formula is C60H69N3Si2. The molecule has 2 aromatic heterocycles. The first kappa shape index (κ1) is 45.9. The minimum Gasteiger partial charge on any atom is -0.292 e. The summed E-state index contributed by atoms with van der Waals surface area (Å²) in [4.78, 5) is 11.4. The molecule has 0 N–H and O–H groups in total. The minimum absolute atomic E-state index is 0.0609. The molecular weight excluding hydrogens is 819 g/mol. The summed E-state index contributed by atoms with van der Waals surface area (Å²) in [7, 11) is -3.07. The third-order valence-corrected chi connectivity index (χ3v) is 17.1. The number of pyridine rings is 1. The van der Waals surface area contributed by atoms with Gasteiger partial charge in [0, 0.05) is 22.3 Å². The molecule has 0 fully saturated rings. The zero-order chi connectivity index (χ0) is 46.9. The lowest BCUT2D eigenvalue weighted by Crippen LogP contribution is -2.37. The number of hydrogen-bond donors (Lipinski definition) is 0. The molecule has 0 spiro atoms. The Morgan fingerprint density at radius 2 is 0.923 bits per heavy atom. The molecule has 0 amide bonds. The van der Waals surface area contributed by atoms with Crippen LogP contribution in [0, 0.1) is 0 Å². The predicted molar refractivity (Wildman–Crippen MR) is 288 cm³/mol. The Kier molecular flexibility index (Phi) is 11.8. The SMILES string of the molecule is CC(C)(C)c1cc(-c2nc3c(-c4cc(C(C)(C)C)cc(-c5cccc(-c6ccc([Si](C)(C)C)cc6)c5)n4)cccc3n2-c2ccc([Si](C)(C)C)cc2-c2ccccc2)cc(C(C)(C)C)c1. The normalized spacial score (nSPS) is 12.8. The summed E-state index contributed by atoms with van der Waals surface area (Å²) in [6, 6.07) is 54.6. The second-order valence-electron chi connectivity index (χ2n) is 23.4. The van der Waals surface area contributed by atoms with Gasteiger partial charge in [-0.1, -0.05) is 215 Å². The van der Waals surface area contributed by atoms with Crippen molar-refractivity contribution in [1.29, 1.82) is 0 Å². The van der Waals surface area contributed by atoms with Gasteiger partial charge in [0.2, 0.25) is 0 Å². The van der Waals surface area contributed by atoms with E-state index in [-0.39, 0.29) is 16.2 Å². The zero-order valence-corrected chi connectivity index (χ0v) is 43.7. The Morgan fingerprint density at radius 1 is 0.385 bits per heavy atom. The summed E-state index contributed by atoms with van der Waals surface area (Å²) >= 11 is 0. The summed E-state index contributed by atoms with van der Waals surface area (Å²) in [5, 5.41) is 2.90. The van der Waals surface area contributed by atoms with Crippen molar-refractivity contribution >= 4 is 37.6 Å². The number of fused-ring (bicyclic) bond motifs is 1. The molecule has 0 aliphatic heterocycles. The van der Waals surface area contributed by atoms with Crippen molar-refractivity contribution < 1.29 is 0 Å². The van der Waals surface area contributed by atoms with E-state index in [9.17, 15) is 0 Å². The van der Waals surface area contributed by atoms with Crippen LogP contribution < -0.4 is 10.4 Å². The van der Waals surface area contributed by atoms with Gasteiger partial charge in [0.05, 0.1) is 44.3 Å². The van der Waals surface area contributed by atoms with E-state index in [1.165, 1.54) is 49.3 Å². The molecule has 8 aromatic rings. The molecule has 0 aliphatic rings. The van der Waals surface area contributed by atoms with Crippen LogP contribution in [0.2, 0.25) is 39.3 Å². The van der Waals surface area contributed by atoms with Crippen molar-refractivity contribution in [2.24, 2.45) is 0 Å². The molecule has 0 bridgehead atoms. The van der Waals surface area contributed by atoms with Crippen LogP contribution in [0.4, 0.5) is 0 Å². The molecule has 65 heavy (non-hydrogen) atoms. The lowest BCUT2D eigenvalue weighted by atomic mass is 9.79. The number of nitrogens with zero attached hydrogens (tertiary/aromatic N) is 3. The van der Waals surface area contributed by atoms with Crippen LogP contribution in [0.15, 0.2) is 146 Å². The molecule has 0 radical (unpaired) electrons. The Morgan fingerprint density at radius 3 is 1.52 bits per heavy atom. The largest absolute Gasteiger partial charge is 0.292 e. The summed E-state index contributed by atoms with van der Waals surface area (Å²) in [5.41, 5.74) is 16.7. The van der Waals surface area contributed by atoms with E-state index in [4.69, 9.17) is 9.97 Å². The van der Waals surface area contributed by atoms with Gasteiger partial charge < -0.3 is 0 Å². The highest BCUT2D eigenvalue weighted by Gasteiger charge is 2.27. The van der Waals surface area contributed by atoms with Gasteiger partial charge in [-0.3, -0.25) is 4.57 Å². The molecule has 0 saturated carbocycles. The van der Waals surface area contributed by atoms with E-state index in [2.05, 4.69) is 252 Å². The summed E-state index contributed by atoms with van der Waals surface area (Å²) in [6.07, 6.45) is 0. The summed E-state index contributed by atoms with van der Waals surface area (Å²) in [6.45, 7) is 35.3. The van der Waals surface area contributed by atoms with E-state index in [1.54, 1.807) is 0 Å². The summed E-state index contributed by atoms with van der Waals surface area (Å²) in [5.74, 6) is 0.932. The van der Waals surface area contributed by atoms with Crippen LogP contribution in [0.3, 0.4) is 0 Å². The van der Waals surface area contributed by atoms with Crippen molar-refractivity contribution in [3.63, 3.8) is 0 Å². The van der Waals surface area contributed by atoms with E-state index < -0.39 is 16.1 Å². The molecule has 332 valence electrons. The number of aromatic nitrogens is 3. The number of hydrogen-bond acceptors (Lipinski definition) is 2. The standard InChI is InChI=1S/C60H69N3Si2/c1-58(2,3)45-34-44(35-46(36-45)59(4,5)6)57-62-56-50(25-20-26-55(56)63(57)54-32-31-49(65(13,14)15)39-51(54)41-21-17-16-18-22-41)53-38-47(60(7,8)9)37-52(61-53)43-24-19-23-42(33-43)40-27-29-48(30-28-40)64(10,11)12/h16-39H,1-15H3. The molecule has 8 rings (SSSR count). The molecule has 6 aromatic carbocycles. The van der Waals surface area contributed by atoms with Crippen molar-refractivity contribution in [1.82, 2.24) is 14.5 Å². The third-order valence-electron chi connectivity index (χ3n) is 13.0. The van der Waals surface area contributed by atoms with Gasteiger partial charge in [-0.15, -0.1) is 0 Å². The molecule has 0 saturated heterocycles. The molecule has 2 heterocycles. The van der Waals surface area contributed by atoms with E-state index in [1.807, 2.05) is 0 Å². The Hall–Kier alpha value is -5.63. The molecule has 0 aliphatic carbocycles. The van der Waals surface area contributed by atoms with Crippen molar-refractivity contribution in [2.75, 3.05) is 0 Å². The Bertz CT molecular complexity index is 3000. The number of imidazole rings is 1. The number of para-hydroxylation sites is 1. The van der Waals surface area contributed by atoms with Crippen LogP contribution in [0.5, 0.6) is 0 Å². The second kappa shape index (κ2) is 16.7. The van der Waals surface area contributed by atoms with Crippen molar-refractivity contribution in [3.05, 3.63) is 162 Å². The average molecular weight is 888 g/mol. The topological polar surface area (TPSA) is 30.7 Å². The van der Waals surface area contributed by atoms with Gasteiger partial charge >= 0.3 is 0 Å². The monoisotopic (exact) mass is 888 g/mol. The van der Waals surface area contributed by atoms with Gasteiger partial charge in [-0.05, 0) is 92.1 Å². The second-order valence-corrected chi connectivity index (χ2v) is 33.5. The fourth-order valence-electron chi connectivity index (χ4n) is 8.68. The first-order chi connectivity index (χ1) is 30.4. The third kappa shape index (κ3) is 9.55. The highest BCUT2D eigenvalue weighted by molar-refractivity contribution is 6.89. The summed E-state index contributed by atoms with van der Waals surface area (Å²) < 4.78 is 2.44. The highest BCUT2D eigenvalue weighted by Crippen LogP contribution is 2.41. The average Bonchev–Trinajstić information content (AvgIpc) is 3.65. The first-order valence-corrected chi connectivity index (χ1v) is 30.5. The predicted octanol–water partition coefficient (Wildman–Crippen LogP) is 15.7. The molecule has 0 unspecified atom stereocenters. The van der Waals surface area contributed by atoms with Crippen LogP contribution in [0.1, 0.15) is 79.0 Å². The minimum atomic E-state index is -1.67. The maximum atomic E-state index is 5.79. The van der Waals surface area contributed by atoms with Crippen molar-refractivity contribution in [2.45, 2.75) is 118 Å². The maximum Gasteiger partial charge on any atom is 0.145 e. The highest BCUT2D eigenvalue weighted by atomic mass is 28.3. The van der Waals surface area contributed by atoms with Gasteiger partial charge in [0.1, 0.15) is 5.82 Å². The maximum absolute atomic E-state index is 5.79. The lowest BCUT2D eigenvalue weighted by molar-refractivity contribution is 0.569. The van der Waals surface area contributed by atoms with Crippen LogP contribution in [0.25, 0.3) is 72.9 Å². The lowest BCUT2D eigenvalue weighted by Gasteiger charge is -2.26. The van der Waals surface area contributed by atoms with Crippen LogP contribution in [-0.2, 0) is 16.2 Å². The molecule has 3 nitrogen and oxygen atoms in total. The zero-order valence-electron chi connectivity index (χ0n) is 41.7. The Labute approximate surface area is 392 Å². The van der Waals surface area contributed by atoms with Gasteiger partial charge in [0.25, 0.3) is 0 Å². The smallest absolute Gasteiger partial charge is 0.145 e. The van der Waals surface area contributed by atoms with E-state index in [0.717, 1.165) is 50.6 Å². The van der Waals surface area contributed by atoms with Gasteiger partial charge in [-0.2, -0.15) is 0 Å². The fourth-order valence-corrected chi connectivity index (χ4v) is 11.0. The molecule has 0 atom stereocenters. The number of rotatable bonds is 8. The van der Waals surface area contributed by atoms with Crippen LogP contribution in [-0.4, -0.2) is 30.7 Å². The van der Waals surface area contributed by atoms with Gasteiger partial charge in [-0.25, -0.2) is 9.97 Å².